The van der Waals surface area contributed by atoms with Gasteiger partial charge in [-0.25, -0.2) is 0 Å². The number of carbonyl (C=O) groups excluding carboxylic acids is 2. The predicted molar refractivity (Wildman–Crippen MR) is 72.2 cm³/mol. The van der Waals surface area contributed by atoms with Crippen molar-refractivity contribution < 1.29 is 14.7 Å². The summed E-state index contributed by atoms with van der Waals surface area (Å²) in [6, 6.07) is 13.0. The van der Waals surface area contributed by atoms with Gasteiger partial charge in [0.25, 0.3) is 5.91 Å². The van der Waals surface area contributed by atoms with Crippen LogP contribution in [0.15, 0.2) is 48.5 Å². The summed E-state index contributed by atoms with van der Waals surface area (Å²) >= 11 is 0. The van der Waals surface area contributed by atoms with Gasteiger partial charge >= 0.3 is 0 Å². The van der Waals surface area contributed by atoms with E-state index in [4.69, 9.17) is 0 Å². The highest BCUT2D eigenvalue weighted by Crippen LogP contribution is 2.26. The predicted octanol–water partition coefficient (Wildman–Crippen LogP) is 2.21. The molecule has 2 aromatic rings. The van der Waals surface area contributed by atoms with Crippen LogP contribution in [0, 0.1) is 0 Å². The highest BCUT2D eigenvalue weighted by molar-refractivity contribution is 6.05. The Morgan fingerprint density at radius 3 is 2.53 bits per heavy atom. The lowest BCUT2D eigenvalue weighted by Crippen LogP contribution is -2.12. The third kappa shape index (κ3) is 3.10. The topological polar surface area (TPSA) is 78.4 Å². The molecule has 0 radical (unpaired) electrons. The molecule has 0 atom stereocenters. The van der Waals surface area contributed by atoms with Crippen molar-refractivity contribution in [3.63, 3.8) is 0 Å². The smallest absolute Gasteiger partial charge is 0.255 e. The van der Waals surface area contributed by atoms with Crippen LogP contribution in [0.5, 0.6) is 5.75 Å². The molecule has 96 valence electrons. The van der Waals surface area contributed by atoms with Crippen molar-refractivity contribution in [3.05, 3.63) is 54.1 Å². The van der Waals surface area contributed by atoms with E-state index in [2.05, 4.69) is 10.6 Å². The molecule has 3 N–H and O–H groups in total. The lowest BCUT2D eigenvalue weighted by molar-refractivity contribution is -0.105. The molecule has 0 heterocycles. The number of anilines is 2. The van der Waals surface area contributed by atoms with Gasteiger partial charge in [-0.05, 0) is 30.3 Å². The maximum Gasteiger partial charge on any atom is 0.255 e. The summed E-state index contributed by atoms with van der Waals surface area (Å²) in [6.07, 6.45) is 0.523. The van der Waals surface area contributed by atoms with Crippen molar-refractivity contribution in [1.82, 2.24) is 0 Å². The molecule has 0 aliphatic carbocycles. The Bertz CT molecular complexity index is 597. The zero-order chi connectivity index (χ0) is 13.7. The third-order valence-electron chi connectivity index (χ3n) is 2.51. The van der Waals surface area contributed by atoms with Gasteiger partial charge in [-0.15, -0.1) is 0 Å². The van der Waals surface area contributed by atoms with Crippen LogP contribution in [0.4, 0.5) is 11.4 Å². The molecule has 5 heteroatoms. The highest BCUT2D eigenvalue weighted by atomic mass is 16.3. The minimum Gasteiger partial charge on any atom is -0.506 e. The molecular weight excluding hydrogens is 244 g/mol. The molecule has 19 heavy (non-hydrogen) atoms. The van der Waals surface area contributed by atoms with Crippen LogP contribution in [0.25, 0.3) is 0 Å². The molecule has 5 nitrogen and oxygen atoms in total. The first-order chi connectivity index (χ1) is 9.20. The van der Waals surface area contributed by atoms with Gasteiger partial charge in [0.05, 0.1) is 5.69 Å². The minimum atomic E-state index is -0.334. The molecule has 0 spiro atoms. The van der Waals surface area contributed by atoms with Crippen molar-refractivity contribution >= 4 is 23.7 Å². The fourth-order valence-electron chi connectivity index (χ4n) is 1.58. The van der Waals surface area contributed by atoms with E-state index in [0.717, 1.165) is 0 Å². The van der Waals surface area contributed by atoms with Crippen molar-refractivity contribution in [1.29, 1.82) is 0 Å². The second kappa shape index (κ2) is 5.68. The number of nitrogens with one attached hydrogen (secondary N) is 2. The lowest BCUT2D eigenvalue weighted by atomic mass is 10.2. The summed E-state index contributed by atoms with van der Waals surface area (Å²) in [5, 5.41) is 14.7. The zero-order valence-corrected chi connectivity index (χ0v) is 9.96. The minimum absolute atomic E-state index is 0.0688. The number of hydrogen-bond donors (Lipinski definition) is 3. The van der Waals surface area contributed by atoms with Crippen LogP contribution in [0.3, 0.4) is 0 Å². The maximum atomic E-state index is 11.9. The van der Waals surface area contributed by atoms with Crippen LogP contribution in [-0.4, -0.2) is 17.4 Å². The van der Waals surface area contributed by atoms with Gasteiger partial charge < -0.3 is 15.7 Å². The van der Waals surface area contributed by atoms with Crippen molar-refractivity contribution in [3.8, 4) is 5.75 Å². The van der Waals surface area contributed by atoms with E-state index in [-0.39, 0.29) is 17.3 Å². The normalized spacial score (nSPS) is 9.68. The summed E-state index contributed by atoms with van der Waals surface area (Å²) in [5.74, 6) is -0.403. The van der Waals surface area contributed by atoms with Gasteiger partial charge in [-0.2, -0.15) is 0 Å². The van der Waals surface area contributed by atoms with E-state index in [9.17, 15) is 14.7 Å². The van der Waals surface area contributed by atoms with E-state index in [1.54, 1.807) is 24.3 Å². The summed E-state index contributed by atoms with van der Waals surface area (Å²) in [7, 11) is 0. The number of phenols is 1. The Morgan fingerprint density at radius 1 is 1.11 bits per heavy atom. The van der Waals surface area contributed by atoms with Gasteiger partial charge in [0.2, 0.25) is 6.41 Å². The average Bonchev–Trinajstić information content (AvgIpc) is 2.44. The SMILES string of the molecule is O=CNc1ccc(O)c(NC(=O)c2ccccc2)c1. The molecule has 0 aliphatic rings. The van der Waals surface area contributed by atoms with E-state index in [0.29, 0.717) is 17.7 Å². The van der Waals surface area contributed by atoms with E-state index < -0.39 is 0 Å². The number of carbonyl (C=O) groups is 2. The van der Waals surface area contributed by atoms with Gasteiger partial charge in [0, 0.05) is 11.3 Å². The zero-order valence-electron chi connectivity index (χ0n) is 9.96. The van der Waals surface area contributed by atoms with Crippen LogP contribution in [0.2, 0.25) is 0 Å². The second-order valence-electron chi connectivity index (χ2n) is 3.81. The van der Waals surface area contributed by atoms with Crippen molar-refractivity contribution in [2.24, 2.45) is 0 Å². The Morgan fingerprint density at radius 2 is 1.84 bits per heavy atom. The molecule has 0 saturated heterocycles. The molecule has 0 aliphatic heterocycles. The third-order valence-corrected chi connectivity index (χ3v) is 2.51. The summed E-state index contributed by atoms with van der Waals surface area (Å²) in [6.45, 7) is 0. The molecule has 2 amide bonds. The van der Waals surface area contributed by atoms with Crippen LogP contribution >= 0.6 is 0 Å². The van der Waals surface area contributed by atoms with Gasteiger partial charge in [-0.1, -0.05) is 18.2 Å². The number of rotatable bonds is 4. The first-order valence-electron chi connectivity index (χ1n) is 5.60. The highest BCUT2D eigenvalue weighted by Gasteiger charge is 2.09. The van der Waals surface area contributed by atoms with Crippen molar-refractivity contribution in [2.75, 3.05) is 10.6 Å². The molecule has 0 aromatic heterocycles. The Labute approximate surface area is 109 Å². The largest absolute Gasteiger partial charge is 0.506 e. The fraction of sp³-hybridized carbons (Fsp3) is 0. The summed E-state index contributed by atoms with van der Waals surface area (Å²) in [5.41, 5.74) is 1.20. The number of benzene rings is 2. The van der Waals surface area contributed by atoms with Crippen LogP contribution in [0.1, 0.15) is 10.4 Å². The Hall–Kier alpha value is -2.82. The fourth-order valence-corrected chi connectivity index (χ4v) is 1.58. The van der Waals surface area contributed by atoms with E-state index in [1.807, 2.05) is 6.07 Å². The number of phenolic OH excluding ortho intramolecular Hbond substituents is 1. The summed E-state index contributed by atoms with van der Waals surface area (Å²) < 4.78 is 0. The monoisotopic (exact) mass is 256 g/mol. The number of aromatic hydroxyl groups is 1. The molecular formula is C14H12N2O3. The molecule has 2 aromatic carbocycles. The molecule has 0 bridgehead atoms. The molecule has 2 rings (SSSR count). The molecule has 0 fully saturated rings. The maximum absolute atomic E-state index is 11.9. The van der Waals surface area contributed by atoms with Gasteiger partial charge in [-0.3, -0.25) is 9.59 Å². The number of amides is 2. The van der Waals surface area contributed by atoms with Gasteiger partial charge in [0.15, 0.2) is 0 Å². The standard InChI is InChI=1S/C14H12N2O3/c17-9-15-11-6-7-13(18)12(8-11)16-14(19)10-4-2-1-3-5-10/h1-9,18H,(H,15,17)(H,16,19). The van der Waals surface area contributed by atoms with Crippen LogP contribution < -0.4 is 10.6 Å². The first-order valence-corrected chi connectivity index (χ1v) is 5.60. The van der Waals surface area contributed by atoms with E-state index >= 15 is 0 Å². The lowest BCUT2D eigenvalue weighted by Gasteiger charge is -2.09. The van der Waals surface area contributed by atoms with Crippen LogP contribution in [-0.2, 0) is 4.79 Å². The quantitative estimate of drug-likeness (QED) is 0.446. The molecule has 0 saturated carbocycles. The average molecular weight is 256 g/mol. The van der Waals surface area contributed by atoms with Gasteiger partial charge in [0.1, 0.15) is 5.75 Å². The Kier molecular flexibility index (Phi) is 3.78. The molecule has 0 unspecified atom stereocenters. The number of hydrogen-bond acceptors (Lipinski definition) is 3. The summed E-state index contributed by atoms with van der Waals surface area (Å²) in [4.78, 5) is 22.3. The van der Waals surface area contributed by atoms with Crippen molar-refractivity contribution in [2.45, 2.75) is 0 Å². The second-order valence-corrected chi connectivity index (χ2v) is 3.81. The Balaban J connectivity index is 2.21. The van der Waals surface area contributed by atoms with E-state index in [1.165, 1.54) is 18.2 Å². The first kappa shape index (κ1) is 12.6.